The van der Waals surface area contributed by atoms with Crippen LogP contribution < -0.4 is 5.32 Å². The molecule has 0 aromatic heterocycles. The van der Waals surface area contributed by atoms with Gasteiger partial charge in [-0.05, 0) is 12.1 Å². The zero-order chi connectivity index (χ0) is 13.0. The van der Waals surface area contributed by atoms with Crippen molar-refractivity contribution in [3.63, 3.8) is 0 Å². The van der Waals surface area contributed by atoms with Crippen molar-refractivity contribution < 1.29 is 19.4 Å². The first-order valence-corrected chi connectivity index (χ1v) is 5.18. The fourth-order valence-electron chi connectivity index (χ4n) is 1.35. The second-order valence-corrected chi connectivity index (χ2v) is 3.48. The Morgan fingerprint density at radius 2 is 2.11 bits per heavy atom. The Balaban J connectivity index is 2.12. The van der Waals surface area contributed by atoms with Crippen LogP contribution in [0, 0.1) is 0 Å². The number of esters is 1. The smallest absolute Gasteiger partial charge is 0.365 e. The molecule has 2 N–H and O–H groups in total. The van der Waals surface area contributed by atoms with Gasteiger partial charge >= 0.3 is 11.9 Å². The Morgan fingerprint density at radius 3 is 2.78 bits per heavy atom. The molecule has 92 valence electrons. The molecule has 1 aliphatic rings. The van der Waals surface area contributed by atoms with E-state index in [1.54, 1.807) is 24.3 Å². The lowest BCUT2D eigenvalue weighted by atomic mass is 10.2. The van der Waals surface area contributed by atoms with Crippen LogP contribution >= 0.6 is 0 Å². The lowest BCUT2D eigenvalue weighted by molar-refractivity contribution is -0.136. The summed E-state index contributed by atoms with van der Waals surface area (Å²) in [5.41, 5.74) is 0.739. The molecular weight excluding hydrogens is 236 g/mol. The number of aliphatic imine (C=N–C) groups is 1. The molecule has 1 heterocycles. The largest absolute Gasteiger partial charge is 0.480 e. The number of benzene rings is 1. The minimum atomic E-state index is -1.02. The molecule has 2 rings (SSSR count). The SMILES string of the molecule is O=C(O)CNC=C1N=C(c2ccccc2)OC1=O. The number of hydrogen-bond donors (Lipinski definition) is 2. The summed E-state index contributed by atoms with van der Waals surface area (Å²) in [6.45, 7) is -0.285. The van der Waals surface area contributed by atoms with Gasteiger partial charge in [0.15, 0.2) is 5.70 Å². The number of ether oxygens (including phenoxy) is 1. The van der Waals surface area contributed by atoms with Crippen molar-refractivity contribution in [2.24, 2.45) is 4.99 Å². The van der Waals surface area contributed by atoms with Crippen LogP contribution in [0.1, 0.15) is 5.56 Å². The minimum Gasteiger partial charge on any atom is -0.480 e. The number of nitrogens with one attached hydrogen (secondary N) is 1. The highest BCUT2D eigenvalue weighted by Gasteiger charge is 2.23. The molecule has 1 aromatic carbocycles. The molecule has 0 unspecified atom stereocenters. The summed E-state index contributed by atoms with van der Waals surface area (Å²) in [5, 5.41) is 10.9. The number of rotatable bonds is 4. The average molecular weight is 246 g/mol. The van der Waals surface area contributed by atoms with E-state index >= 15 is 0 Å². The molecule has 6 heteroatoms. The monoisotopic (exact) mass is 246 g/mol. The first-order chi connectivity index (χ1) is 8.66. The fourth-order valence-corrected chi connectivity index (χ4v) is 1.35. The summed E-state index contributed by atoms with van der Waals surface area (Å²) in [4.78, 5) is 25.7. The van der Waals surface area contributed by atoms with Crippen molar-refractivity contribution in [3.05, 3.63) is 47.8 Å². The number of carboxylic acid groups (broad SMARTS) is 1. The molecule has 18 heavy (non-hydrogen) atoms. The van der Waals surface area contributed by atoms with Crippen molar-refractivity contribution in [3.8, 4) is 0 Å². The van der Waals surface area contributed by atoms with Crippen LogP contribution in [0.15, 0.2) is 47.2 Å². The van der Waals surface area contributed by atoms with Gasteiger partial charge in [0, 0.05) is 11.8 Å². The lowest BCUT2D eigenvalue weighted by Crippen LogP contribution is -2.18. The molecule has 1 aromatic rings. The molecule has 0 atom stereocenters. The summed E-state index contributed by atoms with van der Waals surface area (Å²) in [5.74, 6) is -1.42. The number of carbonyl (C=O) groups is 2. The van der Waals surface area contributed by atoms with E-state index < -0.39 is 11.9 Å². The normalized spacial score (nSPS) is 16.3. The molecular formula is C12H10N2O4. The van der Waals surface area contributed by atoms with Crippen molar-refractivity contribution in [1.29, 1.82) is 0 Å². The standard InChI is InChI=1S/C12H10N2O4/c15-10(16)7-13-6-9-12(17)18-11(14-9)8-4-2-1-3-5-8/h1-6,13H,7H2,(H,15,16). The number of carboxylic acids is 1. The molecule has 0 spiro atoms. The number of hydrogen-bond acceptors (Lipinski definition) is 5. The number of nitrogens with zero attached hydrogens (tertiary/aromatic N) is 1. The Bertz CT molecular complexity index is 534. The van der Waals surface area contributed by atoms with E-state index in [-0.39, 0.29) is 18.1 Å². The van der Waals surface area contributed by atoms with E-state index in [2.05, 4.69) is 10.3 Å². The third-order valence-electron chi connectivity index (χ3n) is 2.13. The second-order valence-electron chi connectivity index (χ2n) is 3.48. The maximum absolute atomic E-state index is 11.4. The highest BCUT2D eigenvalue weighted by atomic mass is 16.6. The van der Waals surface area contributed by atoms with Gasteiger partial charge in [-0.1, -0.05) is 18.2 Å². The van der Waals surface area contributed by atoms with Crippen LogP contribution in [0.3, 0.4) is 0 Å². The minimum absolute atomic E-state index is 0.0510. The van der Waals surface area contributed by atoms with E-state index in [1.807, 2.05) is 6.07 Å². The highest BCUT2D eigenvalue weighted by molar-refractivity contribution is 6.11. The summed E-state index contributed by atoms with van der Waals surface area (Å²) in [7, 11) is 0. The third-order valence-corrected chi connectivity index (χ3v) is 2.13. The molecule has 0 saturated carbocycles. The average Bonchev–Trinajstić information content (AvgIpc) is 2.72. The molecule has 0 amide bonds. The highest BCUT2D eigenvalue weighted by Crippen LogP contribution is 2.15. The Kier molecular flexibility index (Phi) is 3.38. The fraction of sp³-hybridized carbons (Fsp3) is 0.0833. The van der Waals surface area contributed by atoms with Gasteiger partial charge in [-0.2, -0.15) is 0 Å². The van der Waals surface area contributed by atoms with Gasteiger partial charge in [-0.15, -0.1) is 0 Å². The van der Waals surface area contributed by atoms with Gasteiger partial charge < -0.3 is 15.2 Å². The number of cyclic esters (lactones) is 1. The van der Waals surface area contributed by atoms with E-state index in [4.69, 9.17) is 9.84 Å². The van der Waals surface area contributed by atoms with Crippen LogP contribution in [0.4, 0.5) is 0 Å². The second kappa shape index (κ2) is 5.13. The molecule has 6 nitrogen and oxygen atoms in total. The van der Waals surface area contributed by atoms with E-state index in [0.29, 0.717) is 5.56 Å². The first-order valence-electron chi connectivity index (χ1n) is 5.18. The summed E-state index contributed by atoms with van der Waals surface area (Å²) in [6, 6.07) is 8.97. The first kappa shape index (κ1) is 11.8. The Labute approximate surface area is 103 Å². The van der Waals surface area contributed by atoms with Crippen LogP contribution in [0.25, 0.3) is 0 Å². The van der Waals surface area contributed by atoms with Gasteiger partial charge in [0.1, 0.15) is 6.54 Å². The summed E-state index contributed by atoms with van der Waals surface area (Å²) < 4.78 is 4.97. The van der Waals surface area contributed by atoms with Crippen molar-refractivity contribution >= 4 is 17.8 Å². The zero-order valence-electron chi connectivity index (χ0n) is 9.29. The van der Waals surface area contributed by atoms with Crippen LogP contribution in [0.5, 0.6) is 0 Å². The van der Waals surface area contributed by atoms with E-state index in [0.717, 1.165) is 0 Å². The zero-order valence-corrected chi connectivity index (χ0v) is 9.29. The summed E-state index contributed by atoms with van der Waals surface area (Å²) >= 11 is 0. The van der Waals surface area contributed by atoms with Crippen molar-refractivity contribution in [2.75, 3.05) is 6.54 Å². The number of aliphatic carboxylic acids is 1. The quantitative estimate of drug-likeness (QED) is 0.596. The predicted molar refractivity (Wildman–Crippen MR) is 62.8 cm³/mol. The van der Waals surface area contributed by atoms with Gasteiger partial charge in [0.25, 0.3) is 0 Å². The van der Waals surface area contributed by atoms with Crippen LogP contribution in [0.2, 0.25) is 0 Å². The topological polar surface area (TPSA) is 88.0 Å². The van der Waals surface area contributed by atoms with Crippen LogP contribution in [-0.2, 0) is 14.3 Å². The molecule has 0 saturated heterocycles. The molecule has 0 fully saturated rings. The van der Waals surface area contributed by atoms with Gasteiger partial charge in [0.2, 0.25) is 5.90 Å². The van der Waals surface area contributed by atoms with Gasteiger partial charge in [-0.25, -0.2) is 9.79 Å². The van der Waals surface area contributed by atoms with Crippen molar-refractivity contribution in [2.45, 2.75) is 0 Å². The Hall–Kier alpha value is -2.63. The Morgan fingerprint density at radius 1 is 1.39 bits per heavy atom. The maximum atomic E-state index is 11.4. The lowest BCUT2D eigenvalue weighted by Gasteiger charge is -1.97. The van der Waals surface area contributed by atoms with Gasteiger partial charge in [-0.3, -0.25) is 4.79 Å². The molecule has 0 radical (unpaired) electrons. The van der Waals surface area contributed by atoms with Crippen molar-refractivity contribution in [1.82, 2.24) is 5.32 Å². The molecule has 1 aliphatic heterocycles. The summed E-state index contributed by atoms with van der Waals surface area (Å²) in [6.07, 6.45) is 1.23. The van der Waals surface area contributed by atoms with E-state index in [9.17, 15) is 9.59 Å². The molecule has 0 bridgehead atoms. The van der Waals surface area contributed by atoms with E-state index in [1.165, 1.54) is 6.20 Å². The predicted octanol–water partition coefficient (Wildman–Crippen LogP) is 0.506. The third kappa shape index (κ3) is 2.73. The van der Waals surface area contributed by atoms with Crippen LogP contribution in [-0.4, -0.2) is 29.5 Å². The number of carbonyl (C=O) groups excluding carboxylic acids is 1. The van der Waals surface area contributed by atoms with Gasteiger partial charge in [0.05, 0.1) is 0 Å². The maximum Gasteiger partial charge on any atom is 0.365 e. The molecule has 0 aliphatic carbocycles.